The van der Waals surface area contributed by atoms with E-state index >= 15 is 0 Å². The van der Waals surface area contributed by atoms with E-state index in [-0.39, 0.29) is 17.6 Å². The van der Waals surface area contributed by atoms with Crippen LogP contribution in [0.4, 0.5) is 5.69 Å². The Hall–Kier alpha value is -3.18. The van der Waals surface area contributed by atoms with Crippen molar-refractivity contribution < 1.29 is 9.90 Å². The van der Waals surface area contributed by atoms with Gasteiger partial charge in [-0.05, 0) is 53.4 Å². The Kier molecular flexibility index (Phi) is 5.86. The maximum absolute atomic E-state index is 12.6. The number of aromatic nitrogens is 1. The van der Waals surface area contributed by atoms with Gasteiger partial charge in [0.15, 0.2) is 0 Å². The molecule has 148 valence electrons. The number of rotatable bonds is 7. The zero-order chi connectivity index (χ0) is 20.1. The zero-order valence-electron chi connectivity index (χ0n) is 16.3. The van der Waals surface area contributed by atoms with Crippen LogP contribution in [0.3, 0.4) is 0 Å². The van der Waals surface area contributed by atoms with E-state index in [1.54, 1.807) is 12.1 Å². The van der Waals surface area contributed by atoms with Crippen LogP contribution in [-0.2, 0) is 17.9 Å². The highest BCUT2D eigenvalue weighted by molar-refractivity contribution is 5.95. The Bertz CT molecular complexity index is 929. The second kappa shape index (κ2) is 8.88. The van der Waals surface area contributed by atoms with Crippen LogP contribution in [-0.4, -0.2) is 34.0 Å². The van der Waals surface area contributed by atoms with E-state index in [9.17, 15) is 9.90 Å². The van der Waals surface area contributed by atoms with E-state index in [2.05, 4.69) is 9.88 Å². The lowest BCUT2D eigenvalue weighted by atomic mass is 10.1. The number of nitrogens with zero attached hydrogens (tertiary/aromatic N) is 3. The lowest BCUT2D eigenvalue weighted by molar-refractivity contribution is -0.117. The predicted octanol–water partition coefficient (Wildman–Crippen LogP) is 3.84. The molecule has 0 aliphatic carbocycles. The lowest BCUT2D eigenvalue weighted by Gasteiger charge is -2.26. The third kappa shape index (κ3) is 5.00. The molecule has 1 aliphatic heterocycles. The van der Waals surface area contributed by atoms with Gasteiger partial charge in [0, 0.05) is 50.7 Å². The maximum atomic E-state index is 12.6. The molecule has 1 aromatic heterocycles. The van der Waals surface area contributed by atoms with Crippen molar-refractivity contribution in [3.8, 4) is 5.75 Å². The topological polar surface area (TPSA) is 56.7 Å². The second-order valence-electron chi connectivity index (χ2n) is 7.60. The van der Waals surface area contributed by atoms with Crippen LogP contribution in [0.5, 0.6) is 5.75 Å². The minimum Gasteiger partial charge on any atom is -0.508 e. The van der Waals surface area contributed by atoms with Gasteiger partial charge in [0.25, 0.3) is 0 Å². The molecule has 2 aromatic carbocycles. The molecule has 0 radical (unpaired) electrons. The molecule has 1 atom stereocenters. The van der Waals surface area contributed by atoms with Gasteiger partial charge in [0.1, 0.15) is 5.75 Å². The third-order valence-electron chi connectivity index (χ3n) is 5.29. The van der Waals surface area contributed by atoms with Crippen molar-refractivity contribution in [1.82, 2.24) is 9.88 Å². The molecule has 0 spiro atoms. The summed E-state index contributed by atoms with van der Waals surface area (Å²) in [5.74, 6) is 0.741. The van der Waals surface area contributed by atoms with Crippen LogP contribution >= 0.6 is 0 Å². The fraction of sp³-hybridized carbons (Fsp3) is 0.250. The Balaban J connectivity index is 1.47. The maximum Gasteiger partial charge on any atom is 0.227 e. The zero-order valence-corrected chi connectivity index (χ0v) is 16.3. The molecule has 0 saturated carbocycles. The first kappa shape index (κ1) is 19.2. The van der Waals surface area contributed by atoms with Crippen LogP contribution in [0.1, 0.15) is 17.5 Å². The van der Waals surface area contributed by atoms with Crippen molar-refractivity contribution in [2.24, 2.45) is 5.92 Å². The number of phenols is 1. The summed E-state index contributed by atoms with van der Waals surface area (Å²) in [6.07, 6.45) is 4.19. The number of carbonyl (C=O) groups is 1. The Labute approximate surface area is 171 Å². The monoisotopic (exact) mass is 387 g/mol. The van der Waals surface area contributed by atoms with E-state index in [0.717, 1.165) is 37.4 Å². The number of carbonyl (C=O) groups excluding carboxylic acids is 1. The molecule has 5 heteroatoms. The highest BCUT2D eigenvalue weighted by atomic mass is 16.3. The van der Waals surface area contributed by atoms with Gasteiger partial charge in [-0.3, -0.25) is 14.7 Å². The molecule has 1 aliphatic rings. The van der Waals surface area contributed by atoms with Crippen molar-refractivity contribution in [3.63, 3.8) is 0 Å². The van der Waals surface area contributed by atoms with Gasteiger partial charge in [-0.1, -0.05) is 30.3 Å². The average Bonchev–Trinajstić information content (AvgIpc) is 3.11. The quantitative estimate of drug-likeness (QED) is 0.669. The molecular weight excluding hydrogens is 362 g/mol. The molecule has 1 amide bonds. The number of pyridine rings is 1. The number of amides is 1. The highest BCUT2D eigenvalue weighted by Crippen LogP contribution is 2.26. The molecule has 1 fully saturated rings. The summed E-state index contributed by atoms with van der Waals surface area (Å²) in [7, 11) is 0. The summed E-state index contributed by atoms with van der Waals surface area (Å²) < 4.78 is 0. The van der Waals surface area contributed by atoms with Gasteiger partial charge >= 0.3 is 0 Å². The van der Waals surface area contributed by atoms with Crippen LogP contribution in [0.25, 0.3) is 0 Å². The Morgan fingerprint density at radius 2 is 1.59 bits per heavy atom. The minimum atomic E-state index is 0.190. The fourth-order valence-electron chi connectivity index (χ4n) is 3.92. The molecule has 2 heterocycles. The van der Waals surface area contributed by atoms with E-state index in [1.165, 1.54) is 5.56 Å². The van der Waals surface area contributed by atoms with Crippen LogP contribution in [0.15, 0.2) is 79.1 Å². The number of anilines is 1. The lowest BCUT2D eigenvalue weighted by Crippen LogP contribution is -2.31. The normalized spacial score (nSPS) is 16.5. The average molecular weight is 387 g/mol. The van der Waals surface area contributed by atoms with Gasteiger partial charge in [-0.25, -0.2) is 0 Å². The van der Waals surface area contributed by atoms with E-state index < -0.39 is 0 Å². The molecule has 29 heavy (non-hydrogen) atoms. The number of hydrogen-bond acceptors (Lipinski definition) is 4. The van der Waals surface area contributed by atoms with Gasteiger partial charge < -0.3 is 10.0 Å². The highest BCUT2D eigenvalue weighted by Gasteiger charge is 2.31. The molecule has 5 nitrogen and oxygen atoms in total. The number of para-hydroxylation sites is 1. The van der Waals surface area contributed by atoms with Gasteiger partial charge in [0.2, 0.25) is 5.91 Å². The molecule has 4 rings (SSSR count). The van der Waals surface area contributed by atoms with Crippen molar-refractivity contribution in [2.75, 3.05) is 18.0 Å². The predicted molar refractivity (Wildman–Crippen MR) is 113 cm³/mol. The van der Waals surface area contributed by atoms with E-state index in [0.29, 0.717) is 6.42 Å². The van der Waals surface area contributed by atoms with Crippen LogP contribution in [0, 0.1) is 5.92 Å². The largest absolute Gasteiger partial charge is 0.508 e. The van der Waals surface area contributed by atoms with Crippen molar-refractivity contribution in [1.29, 1.82) is 0 Å². The molecule has 0 unspecified atom stereocenters. The number of phenolic OH excluding ortho intramolecular Hbond substituents is 1. The molecule has 1 N–H and O–H groups in total. The van der Waals surface area contributed by atoms with Gasteiger partial charge in [-0.15, -0.1) is 0 Å². The van der Waals surface area contributed by atoms with Crippen molar-refractivity contribution in [3.05, 3.63) is 90.3 Å². The summed E-state index contributed by atoms with van der Waals surface area (Å²) >= 11 is 0. The first-order valence-electron chi connectivity index (χ1n) is 9.92. The molecule has 0 bridgehead atoms. The van der Waals surface area contributed by atoms with E-state index in [1.807, 2.05) is 71.9 Å². The number of hydrogen-bond donors (Lipinski definition) is 1. The summed E-state index contributed by atoms with van der Waals surface area (Å²) in [5, 5.41) is 9.56. The third-order valence-corrected chi connectivity index (χ3v) is 5.29. The second-order valence-corrected chi connectivity index (χ2v) is 7.60. The van der Waals surface area contributed by atoms with Crippen molar-refractivity contribution in [2.45, 2.75) is 19.5 Å². The first-order chi connectivity index (χ1) is 14.2. The van der Waals surface area contributed by atoms with Gasteiger partial charge in [0.05, 0.1) is 0 Å². The summed E-state index contributed by atoms with van der Waals surface area (Å²) in [5.41, 5.74) is 3.31. The molecule has 1 saturated heterocycles. The fourth-order valence-corrected chi connectivity index (χ4v) is 3.92. The minimum absolute atomic E-state index is 0.190. The first-order valence-corrected chi connectivity index (χ1v) is 9.92. The van der Waals surface area contributed by atoms with Gasteiger partial charge in [-0.2, -0.15) is 0 Å². The molecular formula is C24H25N3O2. The van der Waals surface area contributed by atoms with Crippen LogP contribution in [0.2, 0.25) is 0 Å². The summed E-state index contributed by atoms with van der Waals surface area (Å²) in [4.78, 5) is 21.0. The van der Waals surface area contributed by atoms with E-state index in [4.69, 9.17) is 0 Å². The van der Waals surface area contributed by atoms with Crippen LogP contribution < -0.4 is 4.90 Å². The Morgan fingerprint density at radius 3 is 2.28 bits per heavy atom. The number of benzene rings is 2. The Morgan fingerprint density at radius 1 is 0.931 bits per heavy atom. The van der Waals surface area contributed by atoms with Crippen molar-refractivity contribution >= 4 is 11.6 Å². The number of aromatic hydroxyl groups is 1. The smallest absolute Gasteiger partial charge is 0.227 e. The molecule has 3 aromatic rings. The SMILES string of the molecule is O=C1C[C@@H](CN(Cc2ccncc2)Cc2ccc(O)cc2)CN1c1ccccc1. The standard InChI is InChI=1S/C24H25N3O2/c28-23-8-6-19(7-9-23)15-26(16-20-10-12-25-13-11-20)17-21-14-24(29)27(18-21)22-4-2-1-3-5-22/h1-13,21,28H,14-18H2/t21-/m0/s1. The summed E-state index contributed by atoms with van der Waals surface area (Å²) in [6.45, 7) is 3.13. The summed E-state index contributed by atoms with van der Waals surface area (Å²) in [6, 6.07) is 21.3.